The van der Waals surface area contributed by atoms with E-state index in [1.54, 1.807) is 53.9 Å². The van der Waals surface area contributed by atoms with Crippen molar-refractivity contribution in [2.75, 3.05) is 11.9 Å². The molecular weight excluding hydrogens is 400 g/mol. The number of rotatable bonds is 8. The largest absolute Gasteiger partial charge is 0.462 e. The molecule has 0 bridgehead atoms. The van der Waals surface area contributed by atoms with E-state index in [0.717, 1.165) is 6.42 Å². The molecule has 0 spiro atoms. The fourth-order valence-electron chi connectivity index (χ4n) is 2.74. The Labute approximate surface area is 178 Å². The van der Waals surface area contributed by atoms with E-state index in [0.29, 0.717) is 28.3 Å². The van der Waals surface area contributed by atoms with Gasteiger partial charge in [0.05, 0.1) is 17.0 Å². The van der Waals surface area contributed by atoms with Crippen molar-refractivity contribution >= 4 is 34.8 Å². The third-order valence-corrected chi connectivity index (χ3v) is 5.11. The van der Waals surface area contributed by atoms with E-state index >= 15 is 0 Å². The van der Waals surface area contributed by atoms with Crippen LogP contribution in [0.2, 0.25) is 0 Å². The Morgan fingerprint density at radius 1 is 0.967 bits per heavy atom. The van der Waals surface area contributed by atoms with Crippen LogP contribution in [0.5, 0.6) is 0 Å². The second-order valence-electron chi connectivity index (χ2n) is 6.50. The third-order valence-electron chi connectivity index (χ3n) is 4.24. The van der Waals surface area contributed by atoms with Gasteiger partial charge in [0.25, 0.3) is 11.8 Å². The molecule has 7 heteroatoms. The fourth-order valence-corrected chi connectivity index (χ4v) is 3.36. The monoisotopic (exact) mass is 422 g/mol. The van der Waals surface area contributed by atoms with Crippen LogP contribution < -0.4 is 10.6 Å². The molecule has 3 aromatic rings. The Hall–Kier alpha value is -3.45. The summed E-state index contributed by atoms with van der Waals surface area (Å²) in [6.07, 6.45) is 0.748. The number of amides is 2. The minimum Gasteiger partial charge on any atom is -0.462 e. The molecule has 0 radical (unpaired) electrons. The average Bonchev–Trinajstić information content (AvgIpc) is 3.32. The van der Waals surface area contributed by atoms with Crippen molar-refractivity contribution in [3.05, 3.63) is 88.1 Å². The van der Waals surface area contributed by atoms with Gasteiger partial charge in [-0.05, 0) is 47.7 Å². The molecule has 0 aliphatic carbocycles. The summed E-state index contributed by atoms with van der Waals surface area (Å²) in [6, 6.07) is 18.1. The SMILES string of the molecule is CCCOC(=O)c1ccc(NC(=O)C(NC(=O)c2cccs2)c2ccccc2)cc1. The van der Waals surface area contributed by atoms with E-state index in [-0.39, 0.29) is 11.8 Å². The molecule has 2 N–H and O–H groups in total. The highest BCUT2D eigenvalue weighted by Crippen LogP contribution is 2.19. The highest BCUT2D eigenvalue weighted by atomic mass is 32.1. The van der Waals surface area contributed by atoms with Gasteiger partial charge in [-0.2, -0.15) is 0 Å². The van der Waals surface area contributed by atoms with Gasteiger partial charge in [-0.15, -0.1) is 11.3 Å². The second kappa shape index (κ2) is 10.4. The molecule has 0 aliphatic heterocycles. The summed E-state index contributed by atoms with van der Waals surface area (Å²) in [5, 5.41) is 7.40. The van der Waals surface area contributed by atoms with Crippen molar-refractivity contribution in [1.29, 1.82) is 0 Å². The predicted octanol–water partition coefficient (Wildman–Crippen LogP) is 4.42. The highest BCUT2D eigenvalue weighted by Gasteiger charge is 2.24. The molecule has 1 atom stereocenters. The maximum Gasteiger partial charge on any atom is 0.338 e. The predicted molar refractivity (Wildman–Crippen MR) is 117 cm³/mol. The van der Waals surface area contributed by atoms with Crippen LogP contribution in [0.3, 0.4) is 0 Å². The fraction of sp³-hybridized carbons (Fsp3) is 0.174. The first-order chi connectivity index (χ1) is 14.6. The van der Waals surface area contributed by atoms with Gasteiger partial charge in [0.1, 0.15) is 6.04 Å². The van der Waals surface area contributed by atoms with Crippen molar-refractivity contribution in [3.8, 4) is 0 Å². The summed E-state index contributed by atoms with van der Waals surface area (Å²) in [4.78, 5) is 37.9. The highest BCUT2D eigenvalue weighted by molar-refractivity contribution is 7.12. The number of hydrogen-bond acceptors (Lipinski definition) is 5. The standard InChI is InChI=1S/C23H22N2O4S/c1-2-14-29-23(28)17-10-12-18(13-11-17)24-22(27)20(16-7-4-3-5-8-16)25-21(26)19-9-6-15-30-19/h3-13,15,20H,2,14H2,1H3,(H,24,27)(H,25,26). The third kappa shape index (κ3) is 5.55. The molecule has 1 heterocycles. The van der Waals surface area contributed by atoms with Gasteiger partial charge in [-0.1, -0.05) is 43.3 Å². The van der Waals surface area contributed by atoms with Crippen LogP contribution in [-0.4, -0.2) is 24.4 Å². The van der Waals surface area contributed by atoms with E-state index < -0.39 is 12.0 Å². The number of anilines is 1. The first-order valence-electron chi connectivity index (χ1n) is 9.56. The Balaban J connectivity index is 1.73. The number of benzene rings is 2. The van der Waals surface area contributed by atoms with Crippen LogP contribution >= 0.6 is 11.3 Å². The van der Waals surface area contributed by atoms with Gasteiger partial charge in [-0.3, -0.25) is 9.59 Å². The molecule has 30 heavy (non-hydrogen) atoms. The number of ether oxygens (including phenoxy) is 1. The number of carbonyl (C=O) groups is 3. The second-order valence-corrected chi connectivity index (χ2v) is 7.44. The molecule has 6 nitrogen and oxygen atoms in total. The molecular formula is C23H22N2O4S. The van der Waals surface area contributed by atoms with Crippen molar-refractivity contribution < 1.29 is 19.1 Å². The van der Waals surface area contributed by atoms with Crippen molar-refractivity contribution in [2.24, 2.45) is 0 Å². The summed E-state index contributed by atoms with van der Waals surface area (Å²) < 4.78 is 5.10. The van der Waals surface area contributed by atoms with Crippen LogP contribution in [0.25, 0.3) is 0 Å². The normalized spacial score (nSPS) is 11.4. The summed E-state index contributed by atoms with van der Waals surface area (Å²) in [7, 11) is 0. The van der Waals surface area contributed by atoms with Gasteiger partial charge in [0.2, 0.25) is 0 Å². The lowest BCUT2D eigenvalue weighted by Crippen LogP contribution is -2.36. The molecule has 0 saturated heterocycles. The Kier molecular flexibility index (Phi) is 7.34. The molecule has 2 aromatic carbocycles. The average molecular weight is 423 g/mol. The minimum absolute atomic E-state index is 0.317. The van der Waals surface area contributed by atoms with Crippen LogP contribution in [0, 0.1) is 0 Å². The molecule has 0 saturated carbocycles. The van der Waals surface area contributed by atoms with Gasteiger partial charge in [-0.25, -0.2) is 4.79 Å². The van der Waals surface area contributed by atoms with E-state index in [2.05, 4.69) is 10.6 Å². The number of carbonyl (C=O) groups excluding carboxylic acids is 3. The quantitative estimate of drug-likeness (QED) is 0.526. The summed E-state index contributed by atoms with van der Waals surface area (Å²) in [5.41, 5.74) is 1.59. The molecule has 2 amide bonds. The van der Waals surface area contributed by atoms with E-state index in [4.69, 9.17) is 4.74 Å². The lowest BCUT2D eigenvalue weighted by atomic mass is 10.1. The van der Waals surface area contributed by atoms with Gasteiger partial charge in [0, 0.05) is 5.69 Å². The van der Waals surface area contributed by atoms with Crippen molar-refractivity contribution in [2.45, 2.75) is 19.4 Å². The maximum absolute atomic E-state index is 13.0. The van der Waals surface area contributed by atoms with Crippen LogP contribution in [0.4, 0.5) is 5.69 Å². The van der Waals surface area contributed by atoms with Gasteiger partial charge < -0.3 is 15.4 Å². The molecule has 1 aromatic heterocycles. The number of esters is 1. The van der Waals surface area contributed by atoms with Crippen molar-refractivity contribution in [1.82, 2.24) is 5.32 Å². The zero-order valence-corrected chi connectivity index (χ0v) is 17.3. The van der Waals surface area contributed by atoms with E-state index in [1.165, 1.54) is 11.3 Å². The van der Waals surface area contributed by atoms with E-state index in [1.807, 2.05) is 25.1 Å². The Morgan fingerprint density at radius 2 is 1.70 bits per heavy atom. The van der Waals surface area contributed by atoms with Crippen LogP contribution in [0.1, 0.15) is 45.0 Å². The van der Waals surface area contributed by atoms with Crippen LogP contribution in [0.15, 0.2) is 72.1 Å². The summed E-state index contributed by atoms with van der Waals surface area (Å²) in [5.74, 6) is -1.10. The topological polar surface area (TPSA) is 84.5 Å². The zero-order valence-electron chi connectivity index (χ0n) is 16.5. The zero-order chi connectivity index (χ0) is 21.3. The smallest absolute Gasteiger partial charge is 0.338 e. The van der Waals surface area contributed by atoms with Gasteiger partial charge in [0.15, 0.2) is 0 Å². The minimum atomic E-state index is -0.866. The number of thiophene rings is 1. The molecule has 154 valence electrons. The molecule has 1 unspecified atom stereocenters. The Morgan fingerprint density at radius 3 is 2.33 bits per heavy atom. The Bertz CT molecular complexity index is 986. The lowest BCUT2D eigenvalue weighted by molar-refractivity contribution is -0.118. The van der Waals surface area contributed by atoms with E-state index in [9.17, 15) is 14.4 Å². The first-order valence-corrected chi connectivity index (χ1v) is 10.4. The number of nitrogens with one attached hydrogen (secondary N) is 2. The maximum atomic E-state index is 13.0. The molecule has 3 rings (SSSR count). The number of hydrogen-bond donors (Lipinski definition) is 2. The van der Waals surface area contributed by atoms with Crippen LogP contribution in [-0.2, 0) is 9.53 Å². The first kappa shape index (κ1) is 21.3. The summed E-state index contributed by atoms with van der Waals surface area (Å²) in [6.45, 7) is 2.28. The summed E-state index contributed by atoms with van der Waals surface area (Å²) >= 11 is 1.31. The van der Waals surface area contributed by atoms with Crippen molar-refractivity contribution in [3.63, 3.8) is 0 Å². The lowest BCUT2D eigenvalue weighted by Gasteiger charge is -2.19. The molecule has 0 fully saturated rings. The molecule has 0 aliphatic rings. The van der Waals surface area contributed by atoms with Gasteiger partial charge >= 0.3 is 5.97 Å².